The molecule has 0 saturated carbocycles. The standard InChI is InChI=1S/C15H22F2N2/c1-10(18)12-5-7-19(8-6-12)11(2)14-4-3-13(16)9-15(14)17/h3-4,9-12H,5-8,18H2,1-2H3. The van der Waals surface area contributed by atoms with Gasteiger partial charge in [-0.05, 0) is 51.8 Å². The molecule has 2 N–H and O–H groups in total. The molecule has 106 valence electrons. The van der Waals surface area contributed by atoms with Crippen molar-refractivity contribution < 1.29 is 8.78 Å². The second kappa shape index (κ2) is 5.97. The summed E-state index contributed by atoms with van der Waals surface area (Å²) in [6.07, 6.45) is 2.09. The third-order valence-corrected chi connectivity index (χ3v) is 4.28. The van der Waals surface area contributed by atoms with Crippen LogP contribution in [0.25, 0.3) is 0 Å². The SMILES string of the molecule is CC(N)C1CCN(C(C)c2ccc(F)cc2F)CC1. The van der Waals surface area contributed by atoms with E-state index in [0.29, 0.717) is 11.5 Å². The van der Waals surface area contributed by atoms with E-state index in [1.807, 2.05) is 13.8 Å². The fraction of sp³-hybridized carbons (Fsp3) is 0.600. The highest BCUT2D eigenvalue weighted by Gasteiger charge is 2.26. The van der Waals surface area contributed by atoms with Crippen LogP contribution in [-0.4, -0.2) is 24.0 Å². The van der Waals surface area contributed by atoms with Gasteiger partial charge in [0.2, 0.25) is 0 Å². The molecule has 2 nitrogen and oxygen atoms in total. The quantitative estimate of drug-likeness (QED) is 0.912. The largest absolute Gasteiger partial charge is 0.328 e. The molecule has 0 spiro atoms. The maximum Gasteiger partial charge on any atom is 0.130 e. The topological polar surface area (TPSA) is 29.3 Å². The van der Waals surface area contributed by atoms with E-state index in [1.165, 1.54) is 6.07 Å². The molecule has 0 bridgehead atoms. The van der Waals surface area contributed by atoms with Crippen LogP contribution in [0.5, 0.6) is 0 Å². The van der Waals surface area contributed by atoms with Gasteiger partial charge in [0.1, 0.15) is 11.6 Å². The zero-order valence-corrected chi connectivity index (χ0v) is 11.6. The minimum Gasteiger partial charge on any atom is -0.328 e. The van der Waals surface area contributed by atoms with Gasteiger partial charge in [0.25, 0.3) is 0 Å². The smallest absolute Gasteiger partial charge is 0.130 e. The van der Waals surface area contributed by atoms with Crippen LogP contribution in [0.15, 0.2) is 18.2 Å². The van der Waals surface area contributed by atoms with Crippen molar-refractivity contribution >= 4 is 0 Å². The zero-order chi connectivity index (χ0) is 14.0. The first-order valence-electron chi connectivity index (χ1n) is 6.93. The van der Waals surface area contributed by atoms with Gasteiger partial charge in [-0.3, -0.25) is 4.90 Å². The Morgan fingerprint density at radius 1 is 1.21 bits per heavy atom. The molecule has 1 aromatic rings. The van der Waals surface area contributed by atoms with Crippen molar-refractivity contribution in [3.8, 4) is 0 Å². The van der Waals surface area contributed by atoms with E-state index >= 15 is 0 Å². The Morgan fingerprint density at radius 3 is 2.37 bits per heavy atom. The molecule has 2 rings (SSSR count). The van der Waals surface area contributed by atoms with Crippen LogP contribution in [0.1, 0.15) is 38.3 Å². The van der Waals surface area contributed by atoms with Crippen molar-refractivity contribution in [1.29, 1.82) is 0 Å². The fourth-order valence-corrected chi connectivity index (χ4v) is 2.87. The van der Waals surface area contributed by atoms with Crippen LogP contribution in [0, 0.1) is 17.6 Å². The molecule has 1 aliphatic heterocycles. The van der Waals surface area contributed by atoms with E-state index in [-0.39, 0.29) is 12.1 Å². The van der Waals surface area contributed by atoms with Gasteiger partial charge >= 0.3 is 0 Å². The van der Waals surface area contributed by atoms with Gasteiger partial charge in [-0.15, -0.1) is 0 Å². The zero-order valence-electron chi connectivity index (χ0n) is 11.6. The maximum atomic E-state index is 13.8. The highest BCUT2D eigenvalue weighted by atomic mass is 19.1. The molecule has 0 radical (unpaired) electrons. The molecule has 1 aromatic carbocycles. The second-order valence-corrected chi connectivity index (χ2v) is 5.57. The van der Waals surface area contributed by atoms with Crippen LogP contribution in [0.3, 0.4) is 0 Å². The summed E-state index contributed by atoms with van der Waals surface area (Å²) in [5, 5.41) is 0. The summed E-state index contributed by atoms with van der Waals surface area (Å²) in [4.78, 5) is 2.25. The summed E-state index contributed by atoms with van der Waals surface area (Å²) in [5.74, 6) is -0.424. The lowest BCUT2D eigenvalue weighted by atomic mass is 9.89. The lowest BCUT2D eigenvalue weighted by Gasteiger charge is -2.37. The summed E-state index contributed by atoms with van der Waals surface area (Å²) in [6.45, 7) is 5.86. The van der Waals surface area contributed by atoms with E-state index in [2.05, 4.69) is 4.90 Å². The average Bonchev–Trinajstić information content (AvgIpc) is 2.38. The number of benzene rings is 1. The molecule has 1 saturated heterocycles. The number of likely N-dealkylation sites (tertiary alicyclic amines) is 1. The van der Waals surface area contributed by atoms with Gasteiger partial charge in [-0.1, -0.05) is 6.07 Å². The molecule has 0 amide bonds. The summed E-state index contributed by atoms with van der Waals surface area (Å²) in [6, 6.07) is 4.03. The van der Waals surface area contributed by atoms with E-state index in [4.69, 9.17) is 5.73 Å². The van der Waals surface area contributed by atoms with Gasteiger partial charge < -0.3 is 5.73 Å². The summed E-state index contributed by atoms with van der Waals surface area (Å²) >= 11 is 0. The average molecular weight is 268 g/mol. The summed E-state index contributed by atoms with van der Waals surface area (Å²) in [7, 11) is 0. The lowest BCUT2D eigenvalue weighted by molar-refractivity contribution is 0.130. The van der Waals surface area contributed by atoms with E-state index in [9.17, 15) is 8.78 Å². The Kier molecular flexibility index (Phi) is 4.53. The predicted octanol–water partition coefficient (Wildman–Crippen LogP) is 3.09. The highest BCUT2D eigenvalue weighted by molar-refractivity contribution is 5.21. The number of piperidine rings is 1. The highest BCUT2D eigenvalue weighted by Crippen LogP contribution is 2.29. The van der Waals surface area contributed by atoms with Crippen molar-refractivity contribution in [3.05, 3.63) is 35.4 Å². The van der Waals surface area contributed by atoms with E-state index in [0.717, 1.165) is 32.0 Å². The number of hydrogen-bond acceptors (Lipinski definition) is 2. The van der Waals surface area contributed by atoms with Crippen molar-refractivity contribution in [2.45, 2.75) is 38.8 Å². The summed E-state index contributed by atoms with van der Waals surface area (Å²) in [5.41, 5.74) is 6.49. The third kappa shape index (κ3) is 3.31. The Hall–Kier alpha value is -1.00. The Balaban J connectivity index is 2.03. The van der Waals surface area contributed by atoms with Crippen LogP contribution >= 0.6 is 0 Å². The van der Waals surface area contributed by atoms with Gasteiger partial charge in [-0.25, -0.2) is 8.78 Å². The third-order valence-electron chi connectivity index (χ3n) is 4.28. The number of nitrogens with two attached hydrogens (primary N) is 1. The fourth-order valence-electron chi connectivity index (χ4n) is 2.87. The normalized spacial score (nSPS) is 21.3. The Bertz CT molecular complexity index is 426. The van der Waals surface area contributed by atoms with Gasteiger partial charge in [-0.2, -0.15) is 0 Å². The molecular weight excluding hydrogens is 246 g/mol. The first-order chi connectivity index (χ1) is 8.99. The number of nitrogens with zero attached hydrogens (tertiary/aromatic N) is 1. The molecule has 0 aliphatic carbocycles. The van der Waals surface area contributed by atoms with Gasteiger partial charge in [0, 0.05) is 23.7 Å². The van der Waals surface area contributed by atoms with Crippen molar-refractivity contribution in [3.63, 3.8) is 0 Å². The molecule has 2 atom stereocenters. The molecule has 19 heavy (non-hydrogen) atoms. The van der Waals surface area contributed by atoms with Crippen molar-refractivity contribution in [2.24, 2.45) is 11.7 Å². The molecular formula is C15H22F2N2. The molecule has 0 aromatic heterocycles. The number of halogens is 2. The van der Waals surface area contributed by atoms with Crippen LogP contribution in [-0.2, 0) is 0 Å². The van der Waals surface area contributed by atoms with Crippen LogP contribution in [0.2, 0.25) is 0 Å². The van der Waals surface area contributed by atoms with Crippen molar-refractivity contribution in [1.82, 2.24) is 4.90 Å². The van der Waals surface area contributed by atoms with Gasteiger partial charge in [0.15, 0.2) is 0 Å². The number of rotatable bonds is 3. The Morgan fingerprint density at radius 2 is 1.84 bits per heavy atom. The first-order valence-corrected chi connectivity index (χ1v) is 6.93. The lowest BCUT2D eigenvalue weighted by Crippen LogP contribution is -2.40. The molecule has 2 unspecified atom stereocenters. The molecule has 1 aliphatic rings. The predicted molar refractivity (Wildman–Crippen MR) is 72.7 cm³/mol. The Labute approximate surface area is 113 Å². The molecule has 4 heteroatoms. The van der Waals surface area contributed by atoms with E-state index in [1.54, 1.807) is 6.07 Å². The minimum absolute atomic E-state index is 0.0189. The monoisotopic (exact) mass is 268 g/mol. The van der Waals surface area contributed by atoms with Crippen LogP contribution < -0.4 is 5.73 Å². The molecule has 1 fully saturated rings. The second-order valence-electron chi connectivity index (χ2n) is 5.57. The van der Waals surface area contributed by atoms with Gasteiger partial charge in [0.05, 0.1) is 0 Å². The van der Waals surface area contributed by atoms with Crippen molar-refractivity contribution in [2.75, 3.05) is 13.1 Å². The van der Waals surface area contributed by atoms with Crippen LogP contribution in [0.4, 0.5) is 8.78 Å². The first kappa shape index (κ1) is 14.4. The maximum absolute atomic E-state index is 13.8. The van der Waals surface area contributed by atoms with E-state index < -0.39 is 11.6 Å². The number of hydrogen-bond donors (Lipinski definition) is 1. The molecule has 1 heterocycles. The minimum atomic E-state index is -0.524. The summed E-state index contributed by atoms with van der Waals surface area (Å²) < 4.78 is 26.7.